The number of rotatable bonds is 7. The molecule has 2 aromatic carbocycles. The summed E-state index contributed by atoms with van der Waals surface area (Å²) >= 11 is 3.37. The zero-order chi connectivity index (χ0) is 16.7. The van der Waals surface area contributed by atoms with E-state index in [1.165, 1.54) is 0 Å². The van der Waals surface area contributed by atoms with Crippen molar-refractivity contribution in [2.75, 3.05) is 27.2 Å². The van der Waals surface area contributed by atoms with E-state index >= 15 is 0 Å². The number of hydrogen-bond acceptors (Lipinski definition) is 3. The molecule has 3 nitrogen and oxygen atoms in total. The molecule has 0 unspecified atom stereocenters. The van der Waals surface area contributed by atoms with E-state index in [9.17, 15) is 4.79 Å². The fraction of sp³-hybridized carbons (Fsp3) is 0.211. The predicted octanol–water partition coefficient (Wildman–Crippen LogP) is 4.18. The van der Waals surface area contributed by atoms with Crippen molar-refractivity contribution in [3.8, 4) is 5.75 Å². The van der Waals surface area contributed by atoms with Crippen molar-refractivity contribution >= 4 is 21.7 Å². The second-order valence-electron chi connectivity index (χ2n) is 5.41. The molecule has 0 aliphatic heterocycles. The highest BCUT2D eigenvalue weighted by Gasteiger charge is 2.08. The van der Waals surface area contributed by atoms with E-state index in [1.54, 1.807) is 12.1 Å². The van der Waals surface area contributed by atoms with Crippen LogP contribution in [0.5, 0.6) is 5.75 Å². The molecule has 0 saturated heterocycles. The van der Waals surface area contributed by atoms with Gasteiger partial charge >= 0.3 is 0 Å². The SMILES string of the molecule is CN(C)C/C=C/COc1ccc(C(=O)c2ccc(Br)cc2)cc1. The van der Waals surface area contributed by atoms with Crippen molar-refractivity contribution in [1.29, 1.82) is 0 Å². The van der Waals surface area contributed by atoms with Gasteiger partial charge in [-0.05, 0) is 62.6 Å². The van der Waals surface area contributed by atoms with E-state index in [0.717, 1.165) is 16.8 Å². The largest absolute Gasteiger partial charge is 0.490 e. The molecule has 0 heterocycles. The first-order valence-corrected chi connectivity index (χ1v) is 8.18. The van der Waals surface area contributed by atoms with Gasteiger partial charge < -0.3 is 9.64 Å². The molecule has 0 N–H and O–H groups in total. The van der Waals surface area contributed by atoms with E-state index in [-0.39, 0.29) is 5.78 Å². The van der Waals surface area contributed by atoms with Crippen LogP contribution in [0, 0.1) is 0 Å². The first-order chi connectivity index (χ1) is 11.1. The summed E-state index contributed by atoms with van der Waals surface area (Å²) in [5.41, 5.74) is 1.33. The molecule has 2 rings (SSSR count). The van der Waals surface area contributed by atoms with Crippen LogP contribution in [0.3, 0.4) is 0 Å². The van der Waals surface area contributed by atoms with Gasteiger partial charge in [-0.15, -0.1) is 0 Å². The standard InChI is InChI=1S/C19H20BrNO2/c1-21(2)13-3-4-14-23-18-11-7-16(8-12-18)19(22)15-5-9-17(20)10-6-15/h3-12H,13-14H2,1-2H3/b4-3+. The molecule has 0 amide bonds. The minimum atomic E-state index is 0.00919. The number of ketones is 1. The van der Waals surface area contributed by atoms with E-state index in [2.05, 4.69) is 26.9 Å². The average molecular weight is 374 g/mol. The monoisotopic (exact) mass is 373 g/mol. The molecule has 0 aliphatic rings. The Hall–Kier alpha value is -1.91. The van der Waals surface area contributed by atoms with Crippen molar-refractivity contribution in [3.63, 3.8) is 0 Å². The quantitative estimate of drug-likeness (QED) is 0.538. The summed E-state index contributed by atoms with van der Waals surface area (Å²) in [7, 11) is 4.04. The van der Waals surface area contributed by atoms with Crippen LogP contribution in [0.4, 0.5) is 0 Å². The lowest BCUT2D eigenvalue weighted by Gasteiger charge is -2.06. The van der Waals surface area contributed by atoms with Crippen LogP contribution in [0.2, 0.25) is 0 Å². The maximum absolute atomic E-state index is 12.4. The molecule has 0 saturated carbocycles. The van der Waals surface area contributed by atoms with Crippen molar-refractivity contribution in [3.05, 3.63) is 76.3 Å². The van der Waals surface area contributed by atoms with Gasteiger partial charge in [0, 0.05) is 22.1 Å². The molecular weight excluding hydrogens is 354 g/mol. The molecule has 0 bridgehead atoms. The van der Waals surface area contributed by atoms with Gasteiger partial charge in [0.15, 0.2) is 5.78 Å². The van der Waals surface area contributed by atoms with Crippen LogP contribution >= 0.6 is 15.9 Å². The predicted molar refractivity (Wildman–Crippen MR) is 97.2 cm³/mol. The van der Waals surface area contributed by atoms with Crippen LogP contribution in [0.1, 0.15) is 15.9 Å². The van der Waals surface area contributed by atoms with Crippen LogP contribution in [0.25, 0.3) is 0 Å². The highest BCUT2D eigenvalue weighted by molar-refractivity contribution is 9.10. The summed E-state index contributed by atoms with van der Waals surface area (Å²) in [6, 6.07) is 14.6. The van der Waals surface area contributed by atoms with E-state index in [1.807, 2.05) is 56.6 Å². The van der Waals surface area contributed by atoms with E-state index in [0.29, 0.717) is 17.7 Å². The number of halogens is 1. The molecule has 23 heavy (non-hydrogen) atoms. The molecule has 0 aromatic heterocycles. The molecule has 0 fully saturated rings. The number of nitrogens with zero attached hydrogens (tertiary/aromatic N) is 1. The lowest BCUT2D eigenvalue weighted by Crippen LogP contribution is -2.10. The maximum atomic E-state index is 12.4. The zero-order valence-corrected chi connectivity index (χ0v) is 14.9. The minimum Gasteiger partial charge on any atom is -0.490 e. The fourth-order valence-electron chi connectivity index (χ4n) is 1.97. The Balaban J connectivity index is 1.92. The lowest BCUT2D eigenvalue weighted by atomic mass is 10.0. The highest BCUT2D eigenvalue weighted by atomic mass is 79.9. The van der Waals surface area contributed by atoms with Crippen molar-refractivity contribution in [2.45, 2.75) is 0 Å². The maximum Gasteiger partial charge on any atom is 0.193 e. The minimum absolute atomic E-state index is 0.00919. The fourth-order valence-corrected chi connectivity index (χ4v) is 2.23. The third-order valence-corrected chi connectivity index (χ3v) is 3.74. The number of carbonyl (C=O) groups is 1. The van der Waals surface area contributed by atoms with Crippen LogP contribution < -0.4 is 4.74 Å². The van der Waals surface area contributed by atoms with Crippen LogP contribution in [-0.4, -0.2) is 37.9 Å². The van der Waals surface area contributed by atoms with Gasteiger partial charge in [0.25, 0.3) is 0 Å². The molecule has 0 radical (unpaired) electrons. The van der Waals surface area contributed by atoms with E-state index < -0.39 is 0 Å². The third-order valence-electron chi connectivity index (χ3n) is 3.21. The summed E-state index contributed by atoms with van der Waals surface area (Å²) in [4.78, 5) is 14.4. The second kappa shape index (κ2) is 8.65. The summed E-state index contributed by atoms with van der Waals surface area (Å²) < 4.78 is 6.58. The first kappa shape index (κ1) is 17.4. The molecule has 4 heteroatoms. The smallest absolute Gasteiger partial charge is 0.193 e. The Labute approximate surface area is 145 Å². The summed E-state index contributed by atoms with van der Waals surface area (Å²) in [5.74, 6) is 0.766. The number of benzene rings is 2. The normalized spacial score (nSPS) is 11.1. The molecule has 0 spiro atoms. The Kier molecular flexibility index (Phi) is 6.56. The highest BCUT2D eigenvalue weighted by Crippen LogP contribution is 2.17. The summed E-state index contributed by atoms with van der Waals surface area (Å²) in [6.07, 6.45) is 4.05. The van der Waals surface area contributed by atoms with Gasteiger partial charge in [0.05, 0.1) is 0 Å². The Morgan fingerprint density at radius 1 is 1.00 bits per heavy atom. The van der Waals surface area contributed by atoms with Crippen LogP contribution in [0.15, 0.2) is 65.2 Å². The lowest BCUT2D eigenvalue weighted by molar-refractivity contribution is 0.103. The van der Waals surface area contributed by atoms with E-state index in [4.69, 9.17) is 4.74 Å². The Bertz CT molecular complexity index is 661. The van der Waals surface area contributed by atoms with Gasteiger partial charge in [-0.25, -0.2) is 0 Å². The van der Waals surface area contributed by atoms with Gasteiger partial charge in [-0.1, -0.05) is 28.1 Å². The molecular formula is C19H20BrNO2. The average Bonchev–Trinajstić information content (AvgIpc) is 2.55. The molecule has 2 aromatic rings. The molecule has 0 atom stereocenters. The van der Waals surface area contributed by atoms with Gasteiger partial charge in [0.2, 0.25) is 0 Å². The number of ether oxygens (including phenoxy) is 1. The van der Waals surface area contributed by atoms with Gasteiger partial charge in [0.1, 0.15) is 12.4 Å². The second-order valence-corrected chi connectivity index (χ2v) is 6.32. The van der Waals surface area contributed by atoms with Crippen LogP contribution in [-0.2, 0) is 0 Å². The van der Waals surface area contributed by atoms with Gasteiger partial charge in [-0.2, -0.15) is 0 Å². The first-order valence-electron chi connectivity index (χ1n) is 7.39. The van der Waals surface area contributed by atoms with Crippen molar-refractivity contribution in [2.24, 2.45) is 0 Å². The number of hydrogen-bond donors (Lipinski definition) is 0. The number of carbonyl (C=O) groups excluding carboxylic acids is 1. The zero-order valence-electron chi connectivity index (χ0n) is 13.3. The van der Waals surface area contributed by atoms with Crippen molar-refractivity contribution < 1.29 is 9.53 Å². The molecule has 0 aliphatic carbocycles. The Morgan fingerprint density at radius 2 is 1.57 bits per heavy atom. The topological polar surface area (TPSA) is 29.5 Å². The number of likely N-dealkylation sites (N-methyl/N-ethyl adjacent to an activating group) is 1. The van der Waals surface area contributed by atoms with Crippen molar-refractivity contribution in [1.82, 2.24) is 4.90 Å². The molecule has 120 valence electrons. The third kappa shape index (κ3) is 5.66. The van der Waals surface area contributed by atoms with Gasteiger partial charge in [-0.3, -0.25) is 4.79 Å². The summed E-state index contributed by atoms with van der Waals surface area (Å²) in [6.45, 7) is 1.41. The Morgan fingerprint density at radius 3 is 2.13 bits per heavy atom. The summed E-state index contributed by atoms with van der Waals surface area (Å²) in [5, 5.41) is 0.